The Hall–Kier alpha value is -1.61. The summed E-state index contributed by atoms with van der Waals surface area (Å²) in [6.07, 6.45) is 5.62. The molecule has 1 aromatic carbocycles. The summed E-state index contributed by atoms with van der Waals surface area (Å²) < 4.78 is 0. The largest absolute Gasteiger partial charge is 0.298 e. The lowest BCUT2D eigenvalue weighted by molar-refractivity contribution is 0.198. The number of piperidine rings is 1. The summed E-state index contributed by atoms with van der Waals surface area (Å²) in [4.78, 5) is 2.60. The van der Waals surface area contributed by atoms with Gasteiger partial charge in [-0.15, -0.1) is 0 Å². The standard InChI is InChI=1S/C19H27N3/c1-4-16-11-20-21-19(16)18-6-5-9-22(13-18)12-17-8-7-14(2)10-15(17)3/h7-8,10-11,18H,4-6,9,12-13H2,1-3H3,(H,20,21)/t18-/m1/s1. The van der Waals surface area contributed by atoms with Crippen LogP contribution in [0.1, 0.15) is 53.6 Å². The highest BCUT2D eigenvalue weighted by Crippen LogP contribution is 2.29. The third kappa shape index (κ3) is 3.25. The zero-order valence-corrected chi connectivity index (χ0v) is 14.0. The van der Waals surface area contributed by atoms with E-state index in [0.717, 1.165) is 19.5 Å². The van der Waals surface area contributed by atoms with E-state index in [4.69, 9.17) is 0 Å². The van der Waals surface area contributed by atoms with Crippen molar-refractivity contribution in [3.8, 4) is 0 Å². The Labute approximate surface area is 133 Å². The highest BCUT2D eigenvalue weighted by atomic mass is 15.1. The van der Waals surface area contributed by atoms with Gasteiger partial charge < -0.3 is 0 Å². The maximum absolute atomic E-state index is 4.26. The first-order valence-corrected chi connectivity index (χ1v) is 8.48. The molecule has 22 heavy (non-hydrogen) atoms. The molecule has 0 amide bonds. The summed E-state index contributed by atoms with van der Waals surface area (Å²) in [7, 11) is 0. The van der Waals surface area contributed by atoms with Gasteiger partial charge in [-0.25, -0.2) is 0 Å². The molecule has 0 unspecified atom stereocenters. The zero-order valence-electron chi connectivity index (χ0n) is 14.0. The summed E-state index contributed by atoms with van der Waals surface area (Å²) in [5, 5.41) is 7.51. The molecule has 3 heteroatoms. The molecule has 1 saturated heterocycles. The molecule has 2 aromatic rings. The maximum atomic E-state index is 4.26. The van der Waals surface area contributed by atoms with Crippen LogP contribution in [0.15, 0.2) is 24.4 Å². The van der Waals surface area contributed by atoms with E-state index in [0.29, 0.717) is 5.92 Å². The van der Waals surface area contributed by atoms with Gasteiger partial charge in [0.15, 0.2) is 0 Å². The van der Waals surface area contributed by atoms with E-state index in [9.17, 15) is 0 Å². The lowest BCUT2D eigenvalue weighted by Gasteiger charge is -2.33. The van der Waals surface area contributed by atoms with Crippen molar-refractivity contribution < 1.29 is 0 Å². The molecule has 1 fully saturated rings. The molecule has 0 radical (unpaired) electrons. The van der Waals surface area contributed by atoms with E-state index >= 15 is 0 Å². The second-order valence-corrected chi connectivity index (χ2v) is 6.67. The van der Waals surface area contributed by atoms with Gasteiger partial charge in [-0.05, 0) is 56.3 Å². The fourth-order valence-electron chi connectivity index (χ4n) is 3.66. The molecule has 1 N–H and O–H groups in total. The molecule has 0 aliphatic carbocycles. The Kier molecular flexibility index (Phi) is 4.63. The Morgan fingerprint density at radius 2 is 2.14 bits per heavy atom. The van der Waals surface area contributed by atoms with Gasteiger partial charge in [0, 0.05) is 24.7 Å². The van der Waals surface area contributed by atoms with Crippen LogP contribution in [0.25, 0.3) is 0 Å². The fourth-order valence-corrected chi connectivity index (χ4v) is 3.66. The molecule has 118 valence electrons. The van der Waals surface area contributed by atoms with Crippen LogP contribution in [0, 0.1) is 13.8 Å². The number of rotatable bonds is 4. The van der Waals surface area contributed by atoms with Crippen LogP contribution >= 0.6 is 0 Å². The molecular weight excluding hydrogens is 270 g/mol. The Morgan fingerprint density at radius 3 is 2.91 bits per heavy atom. The number of aromatic amines is 1. The molecule has 3 rings (SSSR count). The monoisotopic (exact) mass is 297 g/mol. The average molecular weight is 297 g/mol. The second kappa shape index (κ2) is 6.66. The predicted molar refractivity (Wildman–Crippen MR) is 91.1 cm³/mol. The van der Waals surface area contributed by atoms with E-state index in [1.54, 1.807) is 0 Å². The summed E-state index contributed by atoms with van der Waals surface area (Å²) in [5.74, 6) is 0.608. The van der Waals surface area contributed by atoms with Gasteiger partial charge in [0.1, 0.15) is 0 Å². The number of nitrogens with one attached hydrogen (secondary N) is 1. The first-order valence-electron chi connectivity index (χ1n) is 8.48. The van der Waals surface area contributed by atoms with Crippen molar-refractivity contribution in [1.82, 2.24) is 15.1 Å². The summed E-state index contributed by atoms with van der Waals surface area (Å²) in [5.41, 5.74) is 6.98. The smallest absolute Gasteiger partial charge is 0.0522 e. The predicted octanol–water partition coefficient (Wildman–Crippen LogP) is 3.97. The number of hydrogen-bond acceptors (Lipinski definition) is 2. The highest BCUT2D eigenvalue weighted by Gasteiger charge is 2.24. The third-order valence-electron chi connectivity index (χ3n) is 4.94. The zero-order chi connectivity index (χ0) is 15.5. The van der Waals surface area contributed by atoms with Crippen LogP contribution in [0.5, 0.6) is 0 Å². The number of nitrogens with zero attached hydrogens (tertiary/aromatic N) is 2. The quantitative estimate of drug-likeness (QED) is 0.926. The lowest BCUT2D eigenvalue weighted by Crippen LogP contribution is -2.34. The number of likely N-dealkylation sites (tertiary alicyclic amines) is 1. The van der Waals surface area contributed by atoms with Crippen molar-refractivity contribution in [2.45, 2.75) is 52.5 Å². The lowest BCUT2D eigenvalue weighted by atomic mass is 9.91. The topological polar surface area (TPSA) is 31.9 Å². The minimum Gasteiger partial charge on any atom is -0.298 e. The average Bonchev–Trinajstić information content (AvgIpc) is 2.99. The van der Waals surface area contributed by atoms with E-state index in [1.807, 2.05) is 6.20 Å². The van der Waals surface area contributed by atoms with Crippen molar-refractivity contribution in [1.29, 1.82) is 0 Å². The number of benzene rings is 1. The van der Waals surface area contributed by atoms with Crippen LogP contribution < -0.4 is 0 Å². The highest BCUT2D eigenvalue weighted by molar-refractivity contribution is 5.30. The molecule has 0 bridgehead atoms. The van der Waals surface area contributed by atoms with E-state index in [2.05, 4.69) is 54.1 Å². The van der Waals surface area contributed by atoms with Gasteiger partial charge in [-0.2, -0.15) is 5.10 Å². The molecule has 2 heterocycles. The van der Waals surface area contributed by atoms with Crippen molar-refractivity contribution in [3.05, 3.63) is 52.3 Å². The number of aryl methyl sites for hydroxylation is 3. The molecule has 1 aromatic heterocycles. The van der Waals surface area contributed by atoms with E-state index in [1.165, 1.54) is 47.3 Å². The summed E-state index contributed by atoms with van der Waals surface area (Å²) >= 11 is 0. The summed E-state index contributed by atoms with van der Waals surface area (Å²) in [6.45, 7) is 10.0. The van der Waals surface area contributed by atoms with Gasteiger partial charge in [-0.1, -0.05) is 30.7 Å². The van der Waals surface area contributed by atoms with Gasteiger partial charge >= 0.3 is 0 Å². The van der Waals surface area contributed by atoms with Crippen LogP contribution in [0.4, 0.5) is 0 Å². The third-order valence-corrected chi connectivity index (χ3v) is 4.94. The van der Waals surface area contributed by atoms with Crippen molar-refractivity contribution in [3.63, 3.8) is 0 Å². The van der Waals surface area contributed by atoms with E-state index in [-0.39, 0.29) is 0 Å². The van der Waals surface area contributed by atoms with Crippen LogP contribution in [0.3, 0.4) is 0 Å². The fraction of sp³-hybridized carbons (Fsp3) is 0.526. The first-order chi connectivity index (χ1) is 10.7. The van der Waals surface area contributed by atoms with Gasteiger partial charge in [0.05, 0.1) is 6.20 Å². The summed E-state index contributed by atoms with van der Waals surface area (Å²) in [6, 6.07) is 6.82. The minimum absolute atomic E-state index is 0.608. The van der Waals surface area contributed by atoms with Crippen molar-refractivity contribution >= 4 is 0 Å². The molecular formula is C19H27N3. The van der Waals surface area contributed by atoms with Crippen molar-refractivity contribution in [2.24, 2.45) is 0 Å². The van der Waals surface area contributed by atoms with Crippen LogP contribution in [-0.2, 0) is 13.0 Å². The number of aromatic nitrogens is 2. The SMILES string of the molecule is CCc1cn[nH]c1[C@@H]1CCCN(Cc2ccc(C)cc2C)C1. The Balaban J connectivity index is 1.70. The van der Waals surface area contributed by atoms with Gasteiger partial charge in [0.25, 0.3) is 0 Å². The molecule has 1 aliphatic heterocycles. The molecule has 1 aliphatic rings. The van der Waals surface area contributed by atoms with Crippen molar-refractivity contribution in [2.75, 3.05) is 13.1 Å². The Morgan fingerprint density at radius 1 is 1.27 bits per heavy atom. The number of hydrogen-bond donors (Lipinski definition) is 1. The van der Waals surface area contributed by atoms with E-state index < -0.39 is 0 Å². The van der Waals surface area contributed by atoms with Gasteiger partial charge in [-0.3, -0.25) is 10.00 Å². The molecule has 3 nitrogen and oxygen atoms in total. The molecule has 1 atom stereocenters. The first kappa shape index (κ1) is 15.3. The minimum atomic E-state index is 0.608. The van der Waals surface area contributed by atoms with Gasteiger partial charge in [0.2, 0.25) is 0 Å². The normalized spacial score (nSPS) is 19.5. The second-order valence-electron chi connectivity index (χ2n) is 6.67. The Bertz CT molecular complexity index is 629. The molecule has 0 spiro atoms. The van der Waals surface area contributed by atoms with Crippen LogP contribution in [-0.4, -0.2) is 28.2 Å². The maximum Gasteiger partial charge on any atom is 0.0522 e. The molecule has 0 saturated carbocycles. The van der Waals surface area contributed by atoms with Crippen LogP contribution in [0.2, 0.25) is 0 Å². The number of H-pyrrole nitrogens is 1.